The molecular weight excluding hydrogens is 352 g/mol. The molecule has 1 amide bonds. The molecule has 1 aromatic heterocycles. The van der Waals surface area contributed by atoms with E-state index >= 15 is 0 Å². The summed E-state index contributed by atoms with van der Waals surface area (Å²) in [6.07, 6.45) is 6.19. The second kappa shape index (κ2) is 9.43. The first kappa shape index (κ1) is 19.2. The third-order valence-corrected chi connectivity index (χ3v) is 4.30. The summed E-state index contributed by atoms with van der Waals surface area (Å²) < 4.78 is 10.8. The molecule has 2 aromatic carbocycles. The predicted octanol–water partition coefficient (Wildman–Crippen LogP) is 3.50. The normalized spacial score (nSPS) is 10.3. The average molecular weight is 374 g/mol. The molecular formula is C23H22N2O3. The first-order valence-electron chi connectivity index (χ1n) is 9.04. The Hall–Kier alpha value is -3.52. The third kappa shape index (κ3) is 5.01. The molecule has 3 rings (SSSR count). The number of aryl methyl sites for hydroxylation is 1. The summed E-state index contributed by atoms with van der Waals surface area (Å²) in [6, 6.07) is 17.4. The fraction of sp³-hybridized carbons (Fsp3) is 0.217. The van der Waals surface area contributed by atoms with Gasteiger partial charge >= 0.3 is 0 Å². The van der Waals surface area contributed by atoms with E-state index in [4.69, 9.17) is 15.9 Å². The van der Waals surface area contributed by atoms with Gasteiger partial charge in [0.25, 0.3) is 0 Å². The number of para-hydroxylation sites is 1. The van der Waals surface area contributed by atoms with Gasteiger partial charge in [-0.05, 0) is 36.2 Å². The highest BCUT2D eigenvalue weighted by molar-refractivity contribution is 5.79. The first-order chi connectivity index (χ1) is 13.7. The average Bonchev–Trinajstić information content (AvgIpc) is 2.74. The van der Waals surface area contributed by atoms with E-state index < -0.39 is 0 Å². The molecule has 0 atom stereocenters. The van der Waals surface area contributed by atoms with Gasteiger partial charge in [0.05, 0.1) is 24.9 Å². The number of terminal acetylenes is 1. The number of fused-ring (bicyclic) bond motifs is 1. The Morgan fingerprint density at radius 3 is 2.82 bits per heavy atom. The van der Waals surface area contributed by atoms with Gasteiger partial charge < -0.3 is 14.8 Å². The lowest BCUT2D eigenvalue weighted by atomic mass is 10.1. The summed E-state index contributed by atoms with van der Waals surface area (Å²) in [6.45, 7) is 0.590. The number of nitrogens with zero attached hydrogens (tertiary/aromatic N) is 1. The quantitative estimate of drug-likeness (QED) is 0.613. The number of carbonyl (C=O) groups excluding carboxylic acids is 1. The van der Waals surface area contributed by atoms with Crippen LogP contribution in [0.2, 0.25) is 0 Å². The molecule has 142 valence electrons. The van der Waals surface area contributed by atoms with Crippen molar-refractivity contribution in [2.45, 2.75) is 19.4 Å². The maximum atomic E-state index is 12.2. The van der Waals surface area contributed by atoms with E-state index in [1.807, 2.05) is 54.6 Å². The van der Waals surface area contributed by atoms with Crippen molar-refractivity contribution in [3.63, 3.8) is 0 Å². The molecule has 1 N–H and O–H groups in total. The summed E-state index contributed by atoms with van der Waals surface area (Å²) in [4.78, 5) is 16.8. The molecule has 28 heavy (non-hydrogen) atoms. The smallest absolute Gasteiger partial charge is 0.220 e. The van der Waals surface area contributed by atoms with E-state index in [2.05, 4.69) is 16.2 Å². The summed E-state index contributed by atoms with van der Waals surface area (Å²) in [5.74, 6) is 3.60. The Balaban J connectivity index is 1.52. The number of pyridine rings is 1. The van der Waals surface area contributed by atoms with Gasteiger partial charge in [-0.2, -0.15) is 0 Å². The first-order valence-corrected chi connectivity index (χ1v) is 9.04. The Morgan fingerprint density at radius 2 is 2.00 bits per heavy atom. The highest BCUT2D eigenvalue weighted by atomic mass is 16.5. The van der Waals surface area contributed by atoms with Gasteiger partial charge in [-0.25, -0.2) is 0 Å². The molecule has 0 spiro atoms. The zero-order valence-corrected chi connectivity index (χ0v) is 15.8. The number of rotatable bonds is 8. The van der Waals surface area contributed by atoms with Crippen molar-refractivity contribution in [3.05, 3.63) is 65.9 Å². The number of amides is 1. The number of nitrogens with one attached hydrogen (secondary N) is 1. The number of methoxy groups -OCH3 is 1. The lowest BCUT2D eigenvalue weighted by Crippen LogP contribution is -2.23. The number of benzene rings is 2. The van der Waals surface area contributed by atoms with Crippen LogP contribution >= 0.6 is 0 Å². The lowest BCUT2D eigenvalue weighted by molar-refractivity contribution is -0.121. The van der Waals surface area contributed by atoms with Gasteiger partial charge in [0.15, 0.2) is 11.5 Å². The minimum atomic E-state index is -0.0263. The lowest BCUT2D eigenvalue weighted by Gasteiger charge is -2.11. The van der Waals surface area contributed by atoms with Crippen LogP contribution in [0.3, 0.4) is 0 Å². The van der Waals surface area contributed by atoms with E-state index in [0.29, 0.717) is 30.9 Å². The summed E-state index contributed by atoms with van der Waals surface area (Å²) in [7, 11) is 1.57. The molecule has 0 aliphatic carbocycles. The van der Waals surface area contributed by atoms with Gasteiger partial charge in [-0.1, -0.05) is 36.3 Å². The van der Waals surface area contributed by atoms with Crippen molar-refractivity contribution in [1.82, 2.24) is 10.3 Å². The molecule has 1 heterocycles. The van der Waals surface area contributed by atoms with Crippen LogP contribution in [0.1, 0.15) is 17.7 Å². The molecule has 0 radical (unpaired) electrons. The van der Waals surface area contributed by atoms with Crippen LogP contribution in [-0.4, -0.2) is 24.6 Å². The fourth-order valence-electron chi connectivity index (χ4n) is 2.85. The van der Waals surface area contributed by atoms with Crippen molar-refractivity contribution in [2.24, 2.45) is 0 Å². The van der Waals surface area contributed by atoms with E-state index in [1.54, 1.807) is 7.11 Å². The highest BCUT2D eigenvalue weighted by Crippen LogP contribution is 2.28. The van der Waals surface area contributed by atoms with Crippen LogP contribution in [0, 0.1) is 12.3 Å². The van der Waals surface area contributed by atoms with E-state index in [-0.39, 0.29) is 12.5 Å². The molecule has 0 bridgehead atoms. The molecule has 3 aromatic rings. The molecule has 0 saturated heterocycles. The number of aromatic nitrogens is 1. The zero-order chi connectivity index (χ0) is 19.8. The van der Waals surface area contributed by atoms with Crippen molar-refractivity contribution < 1.29 is 14.3 Å². The van der Waals surface area contributed by atoms with Gasteiger partial charge in [-0.3, -0.25) is 9.78 Å². The molecule has 0 unspecified atom stereocenters. The number of hydrogen-bond donors (Lipinski definition) is 1. The van der Waals surface area contributed by atoms with Gasteiger partial charge in [0.1, 0.15) is 6.61 Å². The maximum Gasteiger partial charge on any atom is 0.220 e. The number of carbonyl (C=O) groups is 1. The highest BCUT2D eigenvalue weighted by Gasteiger charge is 2.08. The van der Waals surface area contributed by atoms with Crippen molar-refractivity contribution >= 4 is 16.8 Å². The monoisotopic (exact) mass is 374 g/mol. The molecule has 0 aliphatic rings. The summed E-state index contributed by atoms with van der Waals surface area (Å²) in [5, 5.41) is 4.01. The minimum Gasteiger partial charge on any atom is -0.493 e. The van der Waals surface area contributed by atoms with Crippen LogP contribution < -0.4 is 14.8 Å². The van der Waals surface area contributed by atoms with Crippen LogP contribution in [0.4, 0.5) is 0 Å². The van der Waals surface area contributed by atoms with Crippen LogP contribution in [0.25, 0.3) is 10.9 Å². The maximum absolute atomic E-state index is 12.2. The van der Waals surface area contributed by atoms with Gasteiger partial charge in [0, 0.05) is 11.8 Å². The van der Waals surface area contributed by atoms with Crippen molar-refractivity contribution in [3.8, 4) is 23.8 Å². The third-order valence-electron chi connectivity index (χ3n) is 4.30. The van der Waals surface area contributed by atoms with Crippen LogP contribution in [-0.2, 0) is 17.8 Å². The van der Waals surface area contributed by atoms with Crippen molar-refractivity contribution in [1.29, 1.82) is 0 Å². The Bertz CT molecular complexity index is 1010. The number of hydrogen-bond acceptors (Lipinski definition) is 4. The van der Waals surface area contributed by atoms with Gasteiger partial charge in [-0.15, -0.1) is 6.42 Å². The molecule has 5 heteroatoms. The van der Waals surface area contributed by atoms with Crippen molar-refractivity contribution in [2.75, 3.05) is 13.7 Å². The largest absolute Gasteiger partial charge is 0.493 e. The number of ether oxygens (including phenoxy) is 2. The Morgan fingerprint density at radius 1 is 1.14 bits per heavy atom. The zero-order valence-electron chi connectivity index (χ0n) is 15.8. The molecule has 0 saturated carbocycles. The molecule has 0 fully saturated rings. The summed E-state index contributed by atoms with van der Waals surface area (Å²) >= 11 is 0. The molecule has 0 aliphatic heterocycles. The second-order valence-corrected chi connectivity index (χ2v) is 6.25. The van der Waals surface area contributed by atoms with E-state index in [0.717, 1.165) is 22.2 Å². The Kier molecular flexibility index (Phi) is 6.48. The topological polar surface area (TPSA) is 60.5 Å². The van der Waals surface area contributed by atoms with E-state index in [9.17, 15) is 4.79 Å². The molecule has 5 nitrogen and oxygen atoms in total. The fourth-order valence-corrected chi connectivity index (χ4v) is 2.85. The summed E-state index contributed by atoms with van der Waals surface area (Å²) in [5.41, 5.74) is 2.75. The van der Waals surface area contributed by atoms with E-state index in [1.165, 1.54) is 0 Å². The minimum absolute atomic E-state index is 0.0263. The standard InChI is InChI=1S/C23H22N2O3/c1-3-14-28-21-12-8-17(15-22(21)27-2)9-13-23(26)24-16-19-11-10-18-6-4-5-7-20(18)25-19/h1,4-8,10-12,15H,9,13-14,16H2,2H3,(H,24,26). The van der Waals surface area contributed by atoms with Gasteiger partial charge in [0.2, 0.25) is 5.91 Å². The SMILES string of the molecule is C#CCOc1ccc(CCC(=O)NCc2ccc3ccccc3n2)cc1OC. The second-order valence-electron chi connectivity index (χ2n) is 6.25. The Labute approximate surface area is 164 Å². The van der Waals surface area contributed by atoms with Crippen LogP contribution in [0.15, 0.2) is 54.6 Å². The van der Waals surface area contributed by atoms with Crippen LogP contribution in [0.5, 0.6) is 11.5 Å². The predicted molar refractivity (Wildman–Crippen MR) is 109 cm³/mol.